The molecule has 0 amide bonds. The van der Waals surface area contributed by atoms with E-state index in [1.54, 1.807) is 20.3 Å². The highest BCUT2D eigenvalue weighted by atomic mass is 16.5. The number of methoxy groups -OCH3 is 3. The first kappa shape index (κ1) is 15.8. The molecule has 0 spiro atoms. The second-order valence-corrected chi connectivity index (χ2v) is 4.66. The fourth-order valence-electron chi connectivity index (χ4n) is 2.29. The van der Waals surface area contributed by atoms with Crippen LogP contribution in [0.5, 0.6) is 23.0 Å². The van der Waals surface area contributed by atoms with E-state index in [1.165, 1.54) is 7.11 Å². The van der Waals surface area contributed by atoms with E-state index >= 15 is 0 Å². The van der Waals surface area contributed by atoms with Gasteiger partial charge in [-0.1, -0.05) is 36.4 Å². The molecule has 116 valence electrons. The van der Waals surface area contributed by atoms with Crippen LogP contribution < -0.4 is 14.2 Å². The summed E-state index contributed by atoms with van der Waals surface area (Å²) >= 11 is 0. The fourth-order valence-corrected chi connectivity index (χ4v) is 2.29. The molecule has 0 atom stereocenters. The Labute approximate surface area is 130 Å². The van der Waals surface area contributed by atoms with Gasteiger partial charge in [-0.05, 0) is 18.6 Å². The van der Waals surface area contributed by atoms with Gasteiger partial charge in [0.2, 0.25) is 5.75 Å². The van der Waals surface area contributed by atoms with Gasteiger partial charge in [0.05, 0.1) is 21.3 Å². The highest BCUT2D eigenvalue weighted by Gasteiger charge is 2.13. The van der Waals surface area contributed by atoms with Gasteiger partial charge in [-0.15, -0.1) is 0 Å². The molecule has 4 heteroatoms. The van der Waals surface area contributed by atoms with E-state index in [-0.39, 0.29) is 5.75 Å². The molecule has 0 aliphatic heterocycles. The van der Waals surface area contributed by atoms with Gasteiger partial charge < -0.3 is 19.3 Å². The predicted molar refractivity (Wildman–Crippen MR) is 86.9 cm³/mol. The van der Waals surface area contributed by atoms with Gasteiger partial charge in [0.25, 0.3) is 0 Å². The zero-order valence-corrected chi connectivity index (χ0v) is 13.0. The third-order valence-electron chi connectivity index (χ3n) is 3.36. The van der Waals surface area contributed by atoms with Gasteiger partial charge in [0.15, 0.2) is 11.5 Å². The molecule has 0 radical (unpaired) electrons. The van der Waals surface area contributed by atoms with Crippen molar-refractivity contribution in [1.29, 1.82) is 0 Å². The standard InChI is InChI=1S/C18H20O4/c1-20-16-10-5-4-7-13(16)8-6-9-14-11-12-15(19)18(22-3)17(14)21-2/h4-8,10-12,19H,9H2,1-3H3/b8-6+. The topological polar surface area (TPSA) is 47.9 Å². The van der Waals surface area contributed by atoms with Crippen molar-refractivity contribution in [3.05, 3.63) is 53.6 Å². The van der Waals surface area contributed by atoms with Gasteiger partial charge in [-0.3, -0.25) is 0 Å². The van der Waals surface area contributed by atoms with Crippen LogP contribution in [0.15, 0.2) is 42.5 Å². The van der Waals surface area contributed by atoms with E-state index in [1.807, 2.05) is 42.5 Å². The van der Waals surface area contributed by atoms with Gasteiger partial charge in [0.1, 0.15) is 5.75 Å². The lowest BCUT2D eigenvalue weighted by molar-refractivity contribution is 0.331. The number of ether oxygens (including phenoxy) is 3. The molecule has 1 N–H and O–H groups in total. The zero-order valence-electron chi connectivity index (χ0n) is 13.0. The lowest BCUT2D eigenvalue weighted by atomic mass is 10.1. The Kier molecular flexibility index (Phi) is 5.31. The van der Waals surface area contributed by atoms with Crippen molar-refractivity contribution in [3.8, 4) is 23.0 Å². The van der Waals surface area contributed by atoms with Crippen LogP contribution in [-0.2, 0) is 6.42 Å². The molecule has 2 rings (SSSR count). The number of hydrogen-bond donors (Lipinski definition) is 1. The normalized spacial score (nSPS) is 10.7. The lowest BCUT2D eigenvalue weighted by Crippen LogP contribution is -1.95. The molecule has 0 aliphatic rings. The minimum atomic E-state index is 0.0665. The van der Waals surface area contributed by atoms with Crippen LogP contribution >= 0.6 is 0 Å². The third kappa shape index (κ3) is 3.34. The number of aromatic hydroxyl groups is 1. The molecule has 0 saturated heterocycles. The van der Waals surface area contributed by atoms with Crippen LogP contribution in [0.2, 0.25) is 0 Å². The second-order valence-electron chi connectivity index (χ2n) is 4.66. The van der Waals surface area contributed by atoms with E-state index in [0.717, 1.165) is 16.9 Å². The summed E-state index contributed by atoms with van der Waals surface area (Å²) < 4.78 is 15.9. The summed E-state index contributed by atoms with van der Waals surface area (Å²) in [7, 11) is 4.72. The van der Waals surface area contributed by atoms with Crippen LogP contribution in [-0.4, -0.2) is 26.4 Å². The minimum absolute atomic E-state index is 0.0665. The molecule has 0 saturated carbocycles. The number of para-hydroxylation sites is 1. The van der Waals surface area contributed by atoms with Gasteiger partial charge in [-0.2, -0.15) is 0 Å². The first-order valence-corrected chi connectivity index (χ1v) is 6.93. The van der Waals surface area contributed by atoms with E-state index in [4.69, 9.17) is 14.2 Å². The molecule has 4 nitrogen and oxygen atoms in total. The highest BCUT2D eigenvalue weighted by Crippen LogP contribution is 2.39. The van der Waals surface area contributed by atoms with Crippen LogP contribution in [0.3, 0.4) is 0 Å². The number of rotatable bonds is 6. The molecule has 2 aromatic rings. The molecule has 0 heterocycles. The summed E-state index contributed by atoms with van der Waals surface area (Å²) in [6, 6.07) is 11.2. The quantitative estimate of drug-likeness (QED) is 0.884. The molecule has 0 bridgehead atoms. The first-order chi connectivity index (χ1) is 10.7. The molecular weight excluding hydrogens is 280 g/mol. The number of phenolic OH excluding ortho intramolecular Hbond substituents is 1. The summed E-state index contributed by atoms with van der Waals surface area (Å²) in [5.41, 5.74) is 1.94. The number of hydrogen-bond acceptors (Lipinski definition) is 4. The monoisotopic (exact) mass is 300 g/mol. The second kappa shape index (κ2) is 7.41. The Morgan fingerprint density at radius 2 is 1.64 bits per heavy atom. The van der Waals surface area contributed by atoms with E-state index in [9.17, 15) is 5.11 Å². The maximum Gasteiger partial charge on any atom is 0.203 e. The Bertz CT molecular complexity index is 662. The van der Waals surface area contributed by atoms with E-state index in [2.05, 4.69) is 0 Å². The molecule has 0 aliphatic carbocycles. The summed E-state index contributed by atoms with van der Waals surface area (Å²) in [6.45, 7) is 0. The number of benzene rings is 2. The largest absolute Gasteiger partial charge is 0.504 e. The Hall–Kier alpha value is -2.62. The fraction of sp³-hybridized carbons (Fsp3) is 0.222. The van der Waals surface area contributed by atoms with Gasteiger partial charge in [0, 0.05) is 11.1 Å². The smallest absolute Gasteiger partial charge is 0.203 e. The Morgan fingerprint density at radius 3 is 2.32 bits per heavy atom. The van der Waals surface area contributed by atoms with Crippen molar-refractivity contribution in [2.24, 2.45) is 0 Å². The highest BCUT2D eigenvalue weighted by molar-refractivity contribution is 5.59. The maximum absolute atomic E-state index is 9.78. The molecule has 0 fully saturated rings. The van der Waals surface area contributed by atoms with Crippen LogP contribution in [0.4, 0.5) is 0 Å². The van der Waals surface area contributed by atoms with E-state index in [0.29, 0.717) is 17.9 Å². The summed E-state index contributed by atoms with van der Waals surface area (Å²) in [5.74, 6) is 1.80. The average molecular weight is 300 g/mol. The van der Waals surface area contributed by atoms with Crippen molar-refractivity contribution in [2.75, 3.05) is 21.3 Å². The Balaban J connectivity index is 2.23. The third-order valence-corrected chi connectivity index (χ3v) is 3.36. The van der Waals surface area contributed by atoms with Crippen LogP contribution in [0, 0.1) is 0 Å². The van der Waals surface area contributed by atoms with Crippen molar-refractivity contribution in [2.45, 2.75) is 6.42 Å². The SMILES string of the molecule is COc1ccccc1/C=C/Cc1ccc(O)c(OC)c1OC. The Morgan fingerprint density at radius 1 is 0.909 bits per heavy atom. The van der Waals surface area contributed by atoms with Gasteiger partial charge >= 0.3 is 0 Å². The van der Waals surface area contributed by atoms with E-state index < -0.39 is 0 Å². The van der Waals surface area contributed by atoms with Crippen LogP contribution in [0.1, 0.15) is 11.1 Å². The number of allylic oxidation sites excluding steroid dienone is 1. The first-order valence-electron chi connectivity index (χ1n) is 6.93. The average Bonchev–Trinajstić information content (AvgIpc) is 2.56. The summed E-state index contributed by atoms with van der Waals surface area (Å²) in [5, 5.41) is 9.78. The molecular formula is C18H20O4. The maximum atomic E-state index is 9.78. The summed E-state index contributed by atoms with van der Waals surface area (Å²) in [4.78, 5) is 0. The van der Waals surface area contributed by atoms with Crippen molar-refractivity contribution < 1.29 is 19.3 Å². The lowest BCUT2D eigenvalue weighted by Gasteiger charge is -2.12. The number of phenols is 1. The minimum Gasteiger partial charge on any atom is -0.504 e. The van der Waals surface area contributed by atoms with Crippen molar-refractivity contribution in [1.82, 2.24) is 0 Å². The molecule has 2 aromatic carbocycles. The molecule has 0 aromatic heterocycles. The summed E-state index contributed by atoms with van der Waals surface area (Å²) in [6.07, 6.45) is 4.67. The van der Waals surface area contributed by atoms with Crippen molar-refractivity contribution in [3.63, 3.8) is 0 Å². The predicted octanol–water partition coefficient (Wildman–Crippen LogP) is 3.67. The zero-order chi connectivity index (χ0) is 15.9. The van der Waals surface area contributed by atoms with Gasteiger partial charge in [-0.25, -0.2) is 0 Å². The molecule has 22 heavy (non-hydrogen) atoms. The van der Waals surface area contributed by atoms with Crippen LogP contribution in [0.25, 0.3) is 6.08 Å². The van der Waals surface area contributed by atoms with Crippen molar-refractivity contribution >= 4 is 6.08 Å². The molecule has 0 unspecified atom stereocenters.